The Morgan fingerprint density at radius 1 is 0.593 bits per heavy atom. The first-order valence-electron chi connectivity index (χ1n) is 10.2. The molecule has 0 N–H and O–H groups in total. The third-order valence-corrected chi connectivity index (χ3v) is 6.47. The highest BCUT2D eigenvalue weighted by Gasteiger charge is 2.43. The molecule has 0 heterocycles. The minimum Gasteiger partial charge on any atom is -0.0651 e. The first kappa shape index (κ1) is 19.4. The summed E-state index contributed by atoms with van der Waals surface area (Å²) in [4.78, 5) is 0. The first-order valence-corrected chi connectivity index (χ1v) is 10.2. The number of rotatable bonds is 7. The highest BCUT2D eigenvalue weighted by atomic mass is 14.5. The summed E-state index contributed by atoms with van der Waals surface area (Å²) in [6.07, 6.45) is 3.36. The van der Waals surface area contributed by atoms with Crippen molar-refractivity contribution in [1.29, 1.82) is 0 Å². The maximum Gasteiger partial charge on any atom is 0.00566 e. The second-order valence-corrected chi connectivity index (χ2v) is 8.38. The third kappa shape index (κ3) is 3.86. The molecule has 1 unspecified atom stereocenters. The van der Waals surface area contributed by atoms with Gasteiger partial charge >= 0.3 is 0 Å². The summed E-state index contributed by atoms with van der Waals surface area (Å²) in [6, 6.07) is 31.0. The molecule has 0 saturated carbocycles. The SMILES string of the molecule is CCCc1ccccc1CC(C)(c1ccccc1)C(C)(C)c1ccccc1. The second kappa shape index (κ2) is 8.13. The highest BCUT2D eigenvalue weighted by Crippen LogP contribution is 2.46. The van der Waals surface area contributed by atoms with Crippen LogP contribution in [-0.2, 0) is 23.7 Å². The Morgan fingerprint density at radius 3 is 1.63 bits per heavy atom. The topological polar surface area (TPSA) is 0 Å². The summed E-state index contributed by atoms with van der Waals surface area (Å²) in [5.74, 6) is 0. The Labute approximate surface area is 165 Å². The van der Waals surface area contributed by atoms with Gasteiger partial charge in [0.05, 0.1) is 0 Å². The van der Waals surface area contributed by atoms with Crippen LogP contribution in [0.5, 0.6) is 0 Å². The Morgan fingerprint density at radius 2 is 1.07 bits per heavy atom. The Balaban J connectivity index is 2.13. The predicted molar refractivity (Wildman–Crippen MR) is 117 cm³/mol. The average Bonchev–Trinajstić information content (AvgIpc) is 2.71. The van der Waals surface area contributed by atoms with E-state index in [1.165, 1.54) is 28.7 Å². The van der Waals surface area contributed by atoms with Crippen LogP contribution >= 0.6 is 0 Å². The maximum atomic E-state index is 2.44. The molecular weight excluding hydrogens is 324 g/mol. The van der Waals surface area contributed by atoms with E-state index < -0.39 is 0 Å². The van der Waals surface area contributed by atoms with Gasteiger partial charge in [-0.2, -0.15) is 0 Å². The van der Waals surface area contributed by atoms with Crippen molar-refractivity contribution in [1.82, 2.24) is 0 Å². The van der Waals surface area contributed by atoms with Crippen LogP contribution < -0.4 is 0 Å². The summed E-state index contributed by atoms with van der Waals surface area (Å²) in [5, 5.41) is 0. The number of benzene rings is 3. The normalized spacial score (nSPS) is 13.9. The lowest BCUT2D eigenvalue weighted by atomic mass is 9.57. The van der Waals surface area contributed by atoms with Gasteiger partial charge in [-0.05, 0) is 40.5 Å². The van der Waals surface area contributed by atoms with Crippen LogP contribution in [-0.4, -0.2) is 0 Å². The van der Waals surface area contributed by atoms with Crippen molar-refractivity contribution in [3.05, 3.63) is 107 Å². The molecule has 0 heteroatoms. The van der Waals surface area contributed by atoms with Gasteiger partial charge in [0, 0.05) is 5.41 Å². The molecule has 0 aromatic heterocycles. The lowest BCUT2D eigenvalue weighted by molar-refractivity contribution is 0.272. The van der Waals surface area contributed by atoms with E-state index in [1.54, 1.807) is 0 Å². The van der Waals surface area contributed by atoms with E-state index in [1.807, 2.05) is 0 Å². The van der Waals surface area contributed by atoms with Gasteiger partial charge in [-0.1, -0.05) is 119 Å². The summed E-state index contributed by atoms with van der Waals surface area (Å²) < 4.78 is 0. The molecule has 3 rings (SSSR count). The molecule has 0 aliphatic carbocycles. The Hall–Kier alpha value is -2.34. The lowest BCUT2D eigenvalue weighted by Crippen LogP contribution is -2.44. The van der Waals surface area contributed by atoms with Gasteiger partial charge in [0.2, 0.25) is 0 Å². The van der Waals surface area contributed by atoms with Crippen molar-refractivity contribution in [2.45, 2.75) is 57.8 Å². The second-order valence-electron chi connectivity index (χ2n) is 8.38. The van der Waals surface area contributed by atoms with Gasteiger partial charge in [0.1, 0.15) is 0 Å². The van der Waals surface area contributed by atoms with Gasteiger partial charge in [0.25, 0.3) is 0 Å². The van der Waals surface area contributed by atoms with E-state index in [0.29, 0.717) is 0 Å². The predicted octanol–water partition coefficient (Wildman–Crippen LogP) is 7.12. The van der Waals surface area contributed by atoms with E-state index in [9.17, 15) is 0 Å². The first-order chi connectivity index (χ1) is 13.0. The third-order valence-electron chi connectivity index (χ3n) is 6.47. The average molecular weight is 357 g/mol. The molecule has 0 saturated heterocycles. The van der Waals surface area contributed by atoms with Crippen molar-refractivity contribution in [2.75, 3.05) is 0 Å². The van der Waals surface area contributed by atoms with Crippen LogP contribution in [0.1, 0.15) is 56.4 Å². The van der Waals surface area contributed by atoms with Crippen LogP contribution in [0.3, 0.4) is 0 Å². The van der Waals surface area contributed by atoms with E-state index in [4.69, 9.17) is 0 Å². The van der Waals surface area contributed by atoms with E-state index in [0.717, 1.165) is 12.8 Å². The zero-order chi connectivity index (χ0) is 19.3. The van der Waals surface area contributed by atoms with Crippen molar-refractivity contribution < 1.29 is 0 Å². The van der Waals surface area contributed by atoms with E-state index >= 15 is 0 Å². The molecule has 0 fully saturated rings. The number of hydrogen-bond donors (Lipinski definition) is 0. The van der Waals surface area contributed by atoms with Crippen molar-refractivity contribution in [2.24, 2.45) is 0 Å². The molecule has 3 aromatic rings. The van der Waals surface area contributed by atoms with Gasteiger partial charge in [-0.3, -0.25) is 0 Å². The molecule has 0 aliphatic rings. The van der Waals surface area contributed by atoms with Crippen LogP contribution in [0, 0.1) is 0 Å². The van der Waals surface area contributed by atoms with Gasteiger partial charge in [0.15, 0.2) is 0 Å². The van der Waals surface area contributed by atoms with E-state index in [2.05, 4.69) is 113 Å². The highest BCUT2D eigenvalue weighted by molar-refractivity contribution is 5.41. The van der Waals surface area contributed by atoms with Crippen LogP contribution in [0.4, 0.5) is 0 Å². The minimum absolute atomic E-state index is 0.00502. The standard InChI is InChI=1S/C27H32/c1-5-14-22-15-12-13-16-23(22)21-27(4,25-19-10-7-11-20-25)26(2,3)24-17-8-6-9-18-24/h6-13,15-20H,5,14,21H2,1-4H3. The number of hydrogen-bond acceptors (Lipinski definition) is 0. The zero-order valence-corrected chi connectivity index (χ0v) is 17.2. The van der Waals surface area contributed by atoms with Crippen LogP contribution in [0.15, 0.2) is 84.9 Å². The smallest absolute Gasteiger partial charge is 0.00566 e. The molecule has 0 bridgehead atoms. The van der Waals surface area contributed by atoms with Crippen molar-refractivity contribution >= 4 is 0 Å². The van der Waals surface area contributed by atoms with E-state index in [-0.39, 0.29) is 10.8 Å². The minimum atomic E-state index is -0.0144. The van der Waals surface area contributed by atoms with Crippen LogP contribution in [0.25, 0.3) is 0 Å². The van der Waals surface area contributed by atoms with Gasteiger partial charge in [-0.15, -0.1) is 0 Å². The quantitative estimate of drug-likeness (QED) is 0.423. The fraction of sp³-hybridized carbons (Fsp3) is 0.333. The molecule has 3 aromatic carbocycles. The molecule has 27 heavy (non-hydrogen) atoms. The summed E-state index contributed by atoms with van der Waals surface area (Å²) in [6.45, 7) is 9.51. The fourth-order valence-electron chi connectivity index (χ4n) is 4.29. The number of aryl methyl sites for hydroxylation is 1. The molecule has 0 aliphatic heterocycles. The Kier molecular flexibility index (Phi) is 5.85. The van der Waals surface area contributed by atoms with Crippen LogP contribution in [0.2, 0.25) is 0 Å². The van der Waals surface area contributed by atoms with Gasteiger partial charge < -0.3 is 0 Å². The molecule has 1 atom stereocenters. The van der Waals surface area contributed by atoms with Crippen molar-refractivity contribution in [3.63, 3.8) is 0 Å². The summed E-state index contributed by atoms with van der Waals surface area (Å²) in [5.41, 5.74) is 5.75. The fourth-order valence-corrected chi connectivity index (χ4v) is 4.29. The van der Waals surface area contributed by atoms with Crippen molar-refractivity contribution in [3.8, 4) is 0 Å². The zero-order valence-electron chi connectivity index (χ0n) is 17.2. The largest absolute Gasteiger partial charge is 0.0651 e. The summed E-state index contributed by atoms with van der Waals surface area (Å²) in [7, 11) is 0. The molecule has 0 amide bonds. The Bertz CT molecular complexity index is 845. The molecule has 140 valence electrons. The molecular formula is C27H32. The molecule has 0 spiro atoms. The molecule has 0 radical (unpaired) electrons. The lowest BCUT2D eigenvalue weighted by Gasteiger charge is -2.46. The monoisotopic (exact) mass is 356 g/mol. The molecule has 0 nitrogen and oxygen atoms in total. The summed E-state index contributed by atoms with van der Waals surface area (Å²) >= 11 is 0. The van der Waals surface area contributed by atoms with Gasteiger partial charge in [-0.25, -0.2) is 0 Å². The maximum absolute atomic E-state index is 2.44.